The van der Waals surface area contributed by atoms with Gasteiger partial charge in [0.05, 0.1) is 0 Å². The van der Waals surface area contributed by atoms with E-state index in [1.807, 2.05) is 0 Å². The molecule has 0 saturated carbocycles. The van der Waals surface area contributed by atoms with Crippen molar-refractivity contribution in [3.63, 3.8) is 0 Å². The van der Waals surface area contributed by atoms with Gasteiger partial charge in [0.1, 0.15) is 11.3 Å². The first-order chi connectivity index (χ1) is 7.27. The Hall–Kier alpha value is -0.980. The number of halogens is 7. The number of pyridine rings is 1. The van der Waals surface area contributed by atoms with E-state index in [1.165, 1.54) is 0 Å². The molecule has 0 atom stereocenters. The van der Waals surface area contributed by atoms with E-state index in [4.69, 9.17) is 11.6 Å². The van der Waals surface area contributed by atoms with Crippen LogP contribution in [0.1, 0.15) is 23.2 Å². The Morgan fingerprint density at radius 1 is 1.31 bits per heavy atom. The summed E-state index contributed by atoms with van der Waals surface area (Å²) < 4.78 is 74.1. The van der Waals surface area contributed by atoms with Gasteiger partial charge in [-0.15, -0.1) is 11.6 Å². The van der Waals surface area contributed by atoms with Gasteiger partial charge in [-0.2, -0.15) is 17.6 Å². The van der Waals surface area contributed by atoms with Crippen molar-refractivity contribution in [2.75, 3.05) is 0 Å². The minimum atomic E-state index is -5.01. The maximum absolute atomic E-state index is 12.9. The van der Waals surface area contributed by atoms with Gasteiger partial charge >= 0.3 is 6.18 Å². The summed E-state index contributed by atoms with van der Waals surface area (Å²) in [4.78, 5) is 2.55. The molecule has 0 saturated heterocycles. The highest BCUT2D eigenvalue weighted by atomic mass is 35.5. The number of alkyl halides is 6. The van der Waals surface area contributed by atoms with Crippen LogP contribution >= 0.6 is 11.6 Å². The maximum Gasteiger partial charge on any atom is 0.421 e. The molecule has 0 amide bonds. The van der Waals surface area contributed by atoms with Gasteiger partial charge in [0, 0.05) is 5.88 Å². The lowest BCUT2D eigenvalue weighted by molar-refractivity contribution is -0.141. The summed E-state index contributed by atoms with van der Waals surface area (Å²) in [6, 6.07) is 0.448. The van der Waals surface area contributed by atoms with Crippen molar-refractivity contribution in [2.45, 2.75) is 18.5 Å². The first-order valence-corrected chi connectivity index (χ1v) is 4.41. The normalized spacial score (nSPS) is 12.2. The standard InChI is InChI=1S/C8H4ClF6N/c9-2-3-1-4(6(10)11)16-7(12)5(3)8(13,14)15/h1,6H,2H2. The molecule has 0 fully saturated rings. The van der Waals surface area contributed by atoms with E-state index >= 15 is 0 Å². The van der Waals surface area contributed by atoms with Gasteiger partial charge in [-0.3, -0.25) is 0 Å². The summed E-state index contributed by atoms with van der Waals surface area (Å²) >= 11 is 5.15. The molecule has 0 aliphatic carbocycles. The second-order valence-corrected chi connectivity index (χ2v) is 3.07. The Labute approximate surface area is 91.0 Å². The Morgan fingerprint density at radius 3 is 2.25 bits per heavy atom. The lowest BCUT2D eigenvalue weighted by Crippen LogP contribution is -2.14. The topological polar surface area (TPSA) is 12.9 Å². The van der Waals surface area contributed by atoms with E-state index in [9.17, 15) is 26.3 Å². The first-order valence-electron chi connectivity index (χ1n) is 3.88. The predicted molar refractivity (Wildman–Crippen MR) is 43.7 cm³/mol. The minimum absolute atomic E-state index is 0.448. The van der Waals surface area contributed by atoms with Crippen molar-refractivity contribution in [1.29, 1.82) is 0 Å². The molecule has 0 N–H and O–H groups in total. The second-order valence-electron chi connectivity index (χ2n) is 2.80. The molecule has 1 nitrogen and oxygen atoms in total. The maximum atomic E-state index is 12.9. The predicted octanol–water partition coefficient (Wildman–Crippen LogP) is 3.92. The molecule has 0 unspecified atom stereocenters. The fourth-order valence-corrected chi connectivity index (χ4v) is 1.31. The lowest BCUT2D eigenvalue weighted by Gasteiger charge is -2.12. The fraction of sp³-hybridized carbons (Fsp3) is 0.375. The van der Waals surface area contributed by atoms with Crippen LogP contribution in [0.4, 0.5) is 26.3 Å². The molecule has 0 bridgehead atoms. The molecular weight excluding hydrogens is 260 g/mol. The third-order valence-corrected chi connectivity index (χ3v) is 2.02. The average molecular weight is 264 g/mol. The smallest absolute Gasteiger partial charge is 0.218 e. The number of hydrogen-bond donors (Lipinski definition) is 0. The van der Waals surface area contributed by atoms with Crippen molar-refractivity contribution in [3.8, 4) is 0 Å². The third kappa shape index (κ3) is 2.58. The molecule has 1 aromatic heterocycles. The highest BCUT2D eigenvalue weighted by Crippen LogP contribution is 2.35. The second kappa shape index (κ2) is 4.48. The Morgan fingerprint density at radius 2 is 1.88 bits per heavy atom. The largest absolute Gasteiger partial charge is 0.421 e. The van der Waals surface area contributed by atoms with Gasteiger partial charge in [-0.05, 0) is 11.6 Å². The molecule has 0 radical (unpaired) electrons. The van der Waals surface area contributed by atoms with E-state index in [2.05, 4.69) is 4.98 Å². The van der Waals surface area contributed by atoms with Gasteiger partial charge in [0.25, 0.3) is 6.43 Å². The zero-order chi connectivity index (χ0) is 12.5. The third-order valence-electron chi connectivity index (χ3n) is 1.73. The number of rotatable bonds is 2. The average Bonchev–Trinajstić information content (AvgIpc) is 2.14. The first kappa shape index (κ1) is 13.1. The summed E-state index contributed by atoms with van der Waals surface area (Å²) in [5, 5.41) is 0. The summed E-state index contributed by atoms with van der Waals surface area (Å²) in [7, 11) is 0. The molecule has 0 aliphatic rings. The van der Waals surface area contributed by atoms with Crippen molar-refractivity contribution in [2.24, 2.45) is 0 Å². The highest BCUT2D eigenvalue weighted by molar-refractivity contribution is 6.17. The van der Waals surface area contributed by atoms with Crippen LogP contribution in [0.5, 0.6) is 0 Å². The molecule has 1 aromatic rings. The van der Waals surface area contributed by atoms with Crippen molar-refractivity contribution >= 4 is 11.6 Å². The van der Waals surface area contributed by atoms with Crippen molar-refractivity contribution < 1.29 is 26.3 Å². The minimum Gasteiger partial charge on any atom is -0.218 e. The number of hydrogen-bond acceptors (Lipinski definition) is 1. The summed E-state index contributed by atoms with van der Waals surface area (Å²) in [6.45, 7) is 0. The SMILES string of the molecule is Fc1nc(C(F)F)cc(CCl)c1C(F)(F)F. The monoisotopic (exact) mass is 263 g/mol. The highest BCUT2D eigenvalue weighted by Gasteiger charge is 2.38. The fourth-order valence-electron chi connectivity index (χ4n) is 1.10. The van der Waals surface area contributed by atoms with Crippen LogP contribution in [0.2, 0.25) is 0 Å². The molecule has 1 rings (SSSR count). The van der Waals surface area contributed by atoms with Crippen LogP contribution < -0.4 is 0 Å². The zero-order valence-corrected chi connectivity index (χ0v) is 8.21. The summed E-state index contributed by atoms with van der Waals surface area (Å²) in [5.74, 6) is -2.71. The molecule has 8 heteroatoms. The van der Waals surface area contributed by atoms with Crippen LogP contribution in [-0.4, -0.2) is 4.98 Å². The van der Waals surface area contributed by atoms with Crippen LogP contribution in [0, 0.1) is 5.95 Å². The Kier molecular flexibility index (Phi) is 3.67. The van der Waals surface area contributed by atoms with E-state index in [-0.39, 0.29) is 0 Å². The van der Waals surface area contributed by atoms with Gasteiger partial charge in [0.2, 0.25) is 5.95 Å². The van der Waals surface area contributed by atoms with E-state index in [1.54, 1.807) is 0 Å². The van der Waals surface area contributed by atoms with Crippen LogP contribution in [0.25, 0.3) is 0 Å². The van der Waals surface area contributed by atoms with E-state index < -0.39 is 41.3 Å². The van der Waals surface area contributed by atoms with Crippen LogP contribution in [0.3, 0.4) is 0 Å². The molecule has 16 heavy (non-hydrogen) atoms. The number of nitrogens with zero attached hydrogens (tertiary/aromatic N) is 1. The summed E-state index contributed by atoms with van der Waals surface area (Å²) in [6.07, 6.45) is -8.17. The van der Waals surface area contributed by atoms with Gasteiger partial charge in [-0.1, -0.05) is 0 Å². The van der Waals surface area contributed by atoms with E-state index in [0.717, 1.165) is 0 Å². The van der Waals surface area contributed by atoms with Crippen molar-refractivity contribution in [1.82, 2.24) is 4.98 Å². The zero-order valence-electron chi connectivity index (χ0n) is 7.45. The van der Waals surface area contributed by atoms with Gasteiger partial charge in [0.15, 0.2) is 0 Å². The molecule has 90 valence electrons. The van der Waals surface area contributed by atoms with Gasteiger partial charge in [-0.25, -0.2) is 13.8 Å². The Balaban J connectivity index is 3.41. The van der Waals surface area contributed by atoms with Crippen LogP contribution in [-0.2, 0) is 12.1 Å². The molecule has 1 heterocycles. The molecule has 0 aliphatic heterocycles. The molecule has 0 spiro atoms. The quantitative estimate of drug-likeness (QED) is 0.448. The molecular formula is C8H4ClF6N. The lowest BCUT2D eigenvalue weighted by atomic mass is 10.1. The van der Waals surface area contributed by atoms with E-state index in [0.29, 0.717) is 6.07 Å². The van der Waals surface area contributed by atoms with Crippen LogP contribution in [0.15, 0.2) is 6.07 Å². The van der Waals surface area contributed by atoms with Gasteiger partial charge < -0.3 is 0 Å². The Bertz CT molecular complexity index is 389. The number of aromatic nitrogens is 1. The van der Waals surface area contributed by atoms with Crippen molar-refractivity contribution in [3.05, 3.63) is 28.8 Å². The summed E-state index contributed by atoms with van der Waals surface area (Å²) in [5.41, 5.74) is -3.52. The molecule has 0 aromatic carbocycles.